The van der Waals surface area contributed by atoms with Crippen LogP contribution in [0.1, 0.15) is 10.4 Å². The van der Waals surface area contributed by atoms with E-state index in [-0.39, 0.29) is 5.56 Å². The number of para-hydroxylation sites is 1. The van der Waals surface area contributed by atoms with Crippen molar-refractivity contribution in [1.29, 1.82) is 0 Å². The molecule has 0 aliphatic carbocycles. The van der Waals surface area contributed by atoms with E-state index < -0.39 is 28.0 Å². The number of halogens is 3. The van der Waals surface area contributed by atoms with E-state index in [1.807, 2.05) is 22.6 Å². The molecule has 0 spiro atoms. The number of carbonyl (C=O) groups is 1. The zero-order valence-corrected chi connectivity index (χ0v) is 13.2. The van der Waals surface area contributed by atoms with Crippen LogP contribution in [0, 0.1) is 19.5 Å². The van der Waals surface area contributed by atoms with Gasteiger partial charge in [-0.05, 0) is 46.9 Å². The molecule has 1 N–H and O–H groups in total. The monoisotopic (exact) mass is 420 g/mol. The number of anilines is 1. The van der Waals surface area contributed by atoms with Crippen LogP contribution in [0.3, 0.4) is 0 Å². The lowest BCUT2D eigenvalue weighted by Gasteiger charge is -2.07. The van der Waals surface area contributed by atoms with Crippen molar-refractivity contribution in [3.63, 3.8) is 0 Å². The molecule has 2 rings (SSSR count). The van der Waals surface area contributed by atoms with Gasteiger partial charge >= 0.3 is 0 Å². The lowest BCUT2D eigenvalue weighted by molar-refractivity contribution is -0.384. The molecule has 0 radical (unpaired) electrons. The van der Waals surface area contributed by atoms with E-state index in [0.717, 1.165) is 15.7 Å². The molecule has 1 amide bonds. The van der Waals surface area contributed by atoms with E-state index in [4.69, 9.17) is 11.6 Å². The Morgan fingerprint density at radius 1 is 1.33 bits per heavy atom. The summed E-state index contributed by atoms with van der Waals surface area (Å²) in [6.07, 6.45) is 0. The standard InChI is InChI=1S/C13H7ClFIN2O3/c14-8-6-7(4-5-10(8)16)13(19)17-12-9(15)2-1-3-11(12)18(20)21/h1-6H,(H,17,19). The van der Waals surface area contributed by atoms with Crippen LogP contribution in [-0.4, -0.2) is 10.8 Å². The minimum Gasteiger partial charge on any atom is -0.314 e. The molecule has 0 fully saturated rings. The number of carbonyl (C=O) groups excluding carboxylic acids is 1. The summed E-state index contributed by atoms with van der Waals surface area (Å²) in [5.74, 6) is -1.56. The van der Waals surface area contributed by atoms with Crippen LogP contribution in [0.25, 0.3) is 0 Å². The molecule has 0 saturated carbocycles. The molecule has 0 saturated heterocycles. The van der Waals surface area contributed by atoms with Crippen molar-refractivity contribution in [1.82, 2.24) is 0 Å². The van der Waals surface area contributed by atoms with Crippen molar-refractivity contribution in [3.05, 3.63) is 66.5 Å². The molecule has 0 unspecified atom stereocenters. The molecule has 108 valence electrons. The zero-order chi connectivity index (χ0) is 15.6. The average Bonchev–Trinajstić information content (AvgIpc) is 2.43. The fourth-order valence-electron chi connectivity index (χ4n) is 1.61. The highest BCUT2D eigenvalue weighted by Gasteiger charge is 2.20. The maximum atomic E-state index is 13.7. The Labute approximate surface area is 137 Å². The topological polar surface area (TPSA) is 72.2 Å². The third-order valence-electron chi connectivity index (χ3n) is 2.61. The van der Waals surface area contributed by atoms with Crippen molar-refractivity contribution in [2.24, 2.45) is 0 Å². The van der Waals surface area contributed by atoms with Crippen LogP contribution in [-0.2, 0) is 0 Å². The predicted molar refractivity (Wildman–Crippen MR) is 85.2 cm³/mol. The van der Waals surface area contributed by atoms with Crippen LogP contribution in [0.2, 0.25) is 5.02 Å². The van der Waals surface area contributed by atoms with Gasteiger partial charge in [-0.2, -0.15) is 0 Å². The first-order chi connectivity index (χ1) is 9.90. The van der Waals surface area contributed by atoms with Gasteiger partial charge in [0.1, 0.15) is 0 Å². The minimum atomic E-state index is -0.880. The van der Waals surface area contributed by atoms with Gasteiger partial charge in [-0.25, -0.2) is 4.39 Å². The van der Waals surface area contributed by atoms with Crippen molar-refractivity contribution in [2.45, 2.75) is 0 Å². The Hall–Kier alpha value is -1.74. The third-order valence-corrected chi connectivity index (χ3v) is 4.18. The maximum Gasteiger partial charge on any atom is 0.295 e. The molecule has 2 aromatic rings. The molecule has 0 atom stereocenters. The predicted octanol–water partition coefficient (Wildman–Crippen LogP) is 4.24. The third kappa shape index (κ3) is 3.48. The summed E-state index contributed by atoms with van der Waals surface area (Å²) in [6, 6.07) is 7.86. The van der Waals surface area contributed by atoms with Gasteiger partial charge in [-0.3, -0.25) is 14.9 Å². The smallest absolute Gasteiger partial charge is 0.295 e. The average molecular weight is 421 g/mol. The number of hydrogen-bond donors (Lipinski definition) is 1. The number of nitro benzene ring substituents is 1. The highest BCUT2D eigenvalue weighted by molar-refractivity contribution is 14.1. The molecule has 0 aromatic heterocycles. The number of nitro groups is 1. The molecule has 5 nitrogen and oxygen atoms in total. The molecule has 0 aliphatic rings. The highest BCUT2D eigenvalue weighted by Crippen LogP contribution is 2.28. The fraction of sp³-hybridized carbons (Fsp3) is 0. The molecule has 0 bridgehead atoms. The summed E-state index contributed by atoms with van der Waals surface area (Å²) in [5, 5.41) is 13.4. The van der Waals surface area contributed by atoms with E-state index >= 15 is 0 Å². The second-order valence-corrected chi connectivity index (χ2v) is 5.54. The largest absolute Gasteiger partial charge is 0.314 e. The number of amides is 1. The van der Waals surface area contributed by atoms with E-state index in [9.17, 15) is 19.3 Å². The molecule has 21 heavy (non-hydrogen) atoms. The van der Waals surface area contributed by atoms with E-state index in [2.05, 4.69) is 5.32 Å². The molecule has 8 heteroatoms. The summed E-state index contributed by atoms with van der Waals surface area (Å²) < 4.78 is 14.4. The molecule has 2 aromatic carbocycles. The number of hydrogen-bond acceptors (Lipinski definition) is 3. The molecular weight excluding hydrogens is 414 g/mol. The minimum absolute atomic E-state index is 0.179. The number of nitrogens with one attached hydrogen (secondary N) is 1. The first-order valence-electron chi connectivity index (χ1n) is 5.59. The summed E-state index contributed by atoms with van der Waals surface area (Å²) in [5.41, 5.74) is -0.805. The Kier molecular flexibility index (Phi) is 4.73. The summed E-state index contributed by atoms with van der Waals surface area (Å²) in [4.78, 5) is 22.1. The summed E-state index contributed by atoms with van der Waals surface area (Å²) in [7, 11) is 0. The van der Waals surface area contributed by atoms with E-state index in [1.165, 1.54) is 18.2 Å². The number of rotatable bonds is 3. The quantitative estimate of drug-likeness (QED) is 0.458. The van der Waals surface area contributed by atoms with Crippen molar-refractivity contribution >= 4 is 51.5 Å². The molecule has 0 aliphatic heterocycles. The summed E-state index contributed by atoms with van der Waals surface area (Å²) >= 11 is 7.90. The second kappa shape index (κ2) is 6.35. The van der Waals surface area contributed by atoms with Gasteiger partial charge in [-0.1, -0.05) is 17.7 Å². The van der Waals surface area contributed by atoms with Crippen molar-refractivity contribution in [2.75, 3.05) is 5.32 Å². The van der Waals surface area contributed by atoms with Gasteiger partial charge < -0.3 is 5.32 Å². The Morgan fingerprint density at radius 2 is 2.05 bits per heavy atom. The van der Waals surface area contributed by atoms with Gasteiger partial charge in [0, 0.05) is 15.2 Å². The van der Waals surface area contributed by atoms with Crippen LogP contribution in [0.5, 0.6) is 0 Å². The number of nitrogens with zero attached hydrogens (tertiary/aromatic N) is 1. The first kappa shape index (κ1) is 15.6. The fourth-order valence-corrected chi connectivity index (χ4v) is 2.13. The SMILES string of the molecule is O=C(Nc1c(F)cccc1[N+](=O)[O-])c1ccc(I)c(Cl)c1. The van der Waals surface area contributed by atoms with Crippen molar-refractivity contribution in [3.8, 4) is 0 Å². The Morgan fingerprint density at radius 3 is 2.67 bits per heavy atom. The van der Waals surface area contributed by atoms with E-state index in [0.29, 0.717) is 5.02 Å². The highest BCUT2D eigenvalue weighted by atomic mass is 127. The lowest BCUT2D eigenvalue weighted by atomic mass is 10.2. The second-order valence-electron chi connectivity index (χ2n) is 3.97. The zero-order valence-electron chi connectivity index (χ0n) is 10.3. The normalized spacial score (nSPS) is 10.2. The van der Waals surface area contributed by atoms with Gasteiger partial charge in [0.15, 0.2) is 11.5 Å². The first-order valence-corrected chi connectivity index (χ1v) is 7.05. The van der Waals surface area contributed by atoms with E-state index in [1.54, 1.807) is 6.07 Å². The van der Waals surface area contributed by atoms with Crippen LogP contribution >= 0.6 is 34.2 Å². The summed E-state index contributed by atoms with van der Waals surface area (Å²) in [6.45, 7) is 0. The van der Waals surface area contributed by atoms with Crippen LogP contribution in [0.15, 0.2) is 36.4 Å². The van der Waals surface area contributed by atoms with Crippen molar-refractivity contribution < 1.29 is 14.1 Å². The van der Waals surface area contributed by atoms with Gasteiger partial charge in [0.25, 0.3) is 11.6 Å². The molecule has 0 heterocycles. The van der Waals surface area contributed by atoms with Gasteiger partial charge in [-0.15, -0.1) is 0 Å². The van der Waals surface area contributed by atoms with Crippen LogP contribution in [0.4, 0.5) is 15.8 Å². The Balaban J connectivity index is 2.36. The number of benzene rings is 2. The van der Waals surface area contributed by atoms with Gasteiger partial charge in [0.05, 0.1) is 9.95 Å². The van der Waals surface area contributed by atoms with Crippen LogP contribution < -0.4 is 5.32 Å². The van der Waals surface area contributed by atoms with Gasteiger partial charge in [0.2, 0.25) is 0 Å². The lowest BCUT2D eigenvalue weighted by Crippen LogP contribution is -2.14. The molecular formula is C13H7ClFIN2O3. The Bertz CT molecular complexity index is 739. The maximum absolute atomic E-state index is 13.7.